The number of amides is 1. The van der Waals surface area contributed by atoms with Crippen molar-refractivity contribution in [3.63, 3.8) is 0 Å². The van der Waals surface area contributed by atoms with Crippen LogP contribution in [0.2, 0.25) is 0 Å². The third-order valence-electron chi connectivity index (χ3n) is 3.81. The highest BCUT2D eigenvalue weighted by atomic mass is 32.1. The molecule has 2 aromatic heterocycles. The Bertz CT molecular complexity index is 657. The van der Waals surface area contributed by atoms with E-state index in [2.05, 4.69) is 9.97 Å². The largest absolute Gasteiger partial charge is 0.370 e. The van der Waals surface area contributed by atoms with Gasteiger partial charge in [-0.2, -0.15) is 0 Å². The monoisotopic (exact) mass is 317 g/mol. The molecule has 5 nitrogen and oxygen atoms in total. The van der Waals surface area contributed by atoms with E-state index < -0.39 is 0 Å². The lowest BCUT2D eigenvalue weighted by Crippen LogP contribution is -2.42. The summed E-state index contributed by atoms with van der Waals surface area (Å²) in [7, 11) is 0. The summed E-state index contributed by atoms with van der Waals surface area (Å²) in [6.45, 7) is 5.75. The number of carbonyl (C=O) groups excluding carboxylic acids is 1. The third-order valence-corrected chi connectivity index (χ3v) is 4.88. The number of thiazole rings is 1. The first-order chi connectivity index (χ1) is 10.6. The van der Waals surface area contributed by atoms with E-state index in [4.69, 9.17) is 4.74 Å². The van der Waals surface area contributed by atoms with E-state index in [0.29, 0.717) is 26.1 Å². The number of aromatic nitrogens is 2. The van der Waals surface area contributed by atoms with Crippen LogP contribution < -0.4 is 0 Å². The van der Waals surface area contributed by atoms with E-state index in [-0.39, 0.29) is 12.0 Å². The minimum absolute atomic E-state index is 0.0648. The van der Waals surface area contributed by atoms with Gasteiger partial charge in [0.1, 0.15) is 6.10 Å². The van der Waals surface area contributed by atoms with Crippen molar-refractivity contribution in [2.45, 2.75) is 26.4 Å². The van der Waals surface area contributed by atoms with Crippen molar-refractivity contribution < 1.29 is 9.53 Å². The van der Waals surface area contributed by atoms with Crippen LogP contribution in [-0.2, 0) is 16.0 Å². The Morgan fingerprint density at radius 2 is 2.18 bits per heavy atom. The fourth-order valence-electron chi connectivity index (χ4n) is 2.64. The summed E-state index contributed by atoms with van der Waals surface area (Å²) in [6, 6.07) is 3.88. The number of pyridine rings is 1. The zero-order chi connectivity index (χ0) is 15.5. The van der Waals surface area contributed by atoms with Crippen LogP contribution in [0.4, 0.5) is 0 Å². The average molecular weight is 317 g/mol. The number of nitrogens with zero attached hydrogens (tertiary/aromatic N) is 3. The van der Waals surface area contributed by atoms with Crippen molar-refractivity contribution in [1.29, 1.82) is 0 Å². The molecule has 1 atom stereocenters. The van der Waals surface area contributed by atoms with Crippen LogP contribution in [0.25, 0.3) is 0 Å². The maximum atomic E-state index is 12.5. The molecule has 0 aromatic carbocycles. The summed E-state index contributed by atoms with van der Waals surface area (Å²) in [5.74, 6) is 0.147. The van der Waals surface area contributed by atoms with E-state index in [1.807, 2.05) is 30.9 Å². The summed E-state index contributed by atoms with van der Waals surface area (Å²) < 4.78 is 5.79. The smallest absolute Gasteiger partial charge is 0.228 e. The average Bonchev–Trinajstić information content (AvgIpc) is 2.86. The SMILES string of the molecule is Cc1nc(C)c(CC(=O)N2CCO[C@@H](c3ccncc3)C2)s1. The van der Waals surface area contributed by atoms with E-state index >= 15 is 0 Å². The Kier molecular flexibility index (Phi) is 4.49. The minimum atomic E-state index is -0.0648. The Morgan fingerprint density at radius 1 is 1.41 bits per heavy atom. The molecule has 1 amide bonds. The number of carbonyl (C=O) groups is 1. The van der Waals surface area contributed by atoms with Gasteiger partial charge in [-0.25, -0.2) is 4.98 Å². The topological polar surface area (TPSA) is 55.3 Å². The second-order valence-electron chi connectivity index (χ2n) is 5.40. The molecule has 0 radical (unpaired) electrons. The van der Waals surface area contributed by atoms with Gasteiger partial charge in [0, 0.05) is 23.8 Å². The van der Waals surface area contributed by atoms with Crippen LogP contribution >= 0.6 is 11.3 Å². The first-order valence-electron chi connectivity index (χ1n) is 7.35. The molecule has 0 spiro atoms. The number of ether oxygens (including phenoxy) is 1. The fourth-order valence-corrected chi connectivity index (χ4v) is 3.57. The molecule has 0 unspecified atom stereocenters. The van der Waals surface area contributed by atoms with Gasteiger partial charge >= 0.3 is 0 Å². The minimum Gasteiger partial charge on any atom is -0.370 e. The molecule has 3 heterocycles. The summed E-state index contributed by atoms with van der Waals surface area (Å²) in [4.78, 5) is 23.9. The van der Waals surface area contributed by atoms with Gasteiger partial charge in [0.2, 0.25) is 5.91 Å². The second kappa shape index (κ2) is 6.54. The molecule has 1 fully saturated rings. The van der Waals surface area contributed by atoms with Crippen LogP contribution in [0, 0.1) is 13.8 Å². The summed E-state index contributed by atoms with van der Waals surface area (Å²) in [5.41, 5.74) is 2.03. The molecule has 0 N–H and O–H groups in total. The van der Waals surface area contributed by atoms with E-state index in [1.54, 1.807) is 23.7 Å². The highest BCUT2D eigenvalue weighted by Gasteiger charge is 2.26. The molecule has 116 valence electrons. The van der Waals surface area contributed by atoms with Crippen LogP contribution in [0.15, 0.2) is 24.5 Å². The Morgan fingerprint density at radius 3 is 2.86 bits per heavy atom. The highest BCUT2D eigenvalue weighted by molar-refractivity contribution is 7.11. The zero-order valence-electron chi connectivity index (χ0n) is 12.8. The summed E-state index contributed by atoms with van der Waals surface area (Å²) in [6.07, 6.45) is 3.87. The van der Waals surface area contributed by atoms with Crippen LogP contribution in [0.5, 0.6) is 0 Å². The van der Waals surface area contributed by atoms with Gasteiger partial charge in [-0.15, -0.1) is 11.3 Å². The Hall–Kier alpha value is -1.79. The number of rotatable bonds is 3. The summed E-state index contributed by atoms with van der Waals surface area (Å²) >= 11 is 1.61. The lowest BCUT2D eigenvalue weighted by molar-refractivity contribution is -0.138. The molecule has 1 aliphatic heterocycles. The summed E-state index contributed by atoms with van der Waals surface area (Å²) in [5, 5.41) is 1.01. The molecule has 1 saturated heterocycles. The Labute approximate surface area is 134 Å². The first-order valence-corrected chi connectivity index (χ1v) is 8.17. The highest BCUT2D eigenvalue weighted by Crippen LogP contribution is 2.23. The van der Waals surface area contributed by atoms with Crippen molar-refractivity contribution in [3.8, 4) is 0 Å². The third kappa shape index (κ3) is 3.34. The van der Waals surface area contributed by atoms with Crippen LogP contribution in [-0.4, -0.2) is 40.5 Å². The molecular weight excluding hydrogens is 298 g/mol. The van der Waals surface area contributed by atoms with E-state index in [1.165, 1.54) is 0 Å². The predicted octanol–water partition coefficient (Wildman–Crippen LogP) is 2.30. The number of aryl methyl sites for hydroxylation is 2. The fraction of sp³-hybridized carbons (Fsp3) is 0.438. The predicted molar refractivity (Wildman–Crippen MR) is 84.8 cm³/mol. The van der Waals surface area contributed by atoms with Gasteiger partial charge in [0.15, 0.2) is 0 Å². The van der Waals surface area contributed by atoms with Gasteiger partial charge in [0.05, 0.1) is 30.3 Å². The molecule has 6 heteroatoms. The molecule has 22 heavy (non-hydrogen) atoms. The first kappa shape index (κ1) is 15.1. The van der Waals surface area contributed by atoms with Crippen molar-refractivity contribution in [3.05, 3.63) is 45.7 Å². The van der Waals surface area contributed by atoms with Gasteiger partial charge in [-0.05, 0) is 31.5 Å². The van der Waals surface area contributed by atoms with Crippen LogP contribution in [0.3, 0.4) is 0 Å². The lowest BCUT2D eigenvalue weighted by atomic mass is 10.1. The van der Waals surface area contributed by atoms with Crippen molar-refractivity contribution >= 4 is 17.2 Å². The normalized spacial score (nSPS) is 18.5. The molecular formula is C16H19N3O2S. The van der Waals surface area contributed by atoms with Crippen LogP contribution in [0.1, 0.15) is 27.2 Å². The maximum absolute atomic E-state index is 12.5. The molecule has 0 bridgehead atoms. The number of hydrogen-bond acceptors (Lipinski definition) is 5. The molecule has 0 aliphatic carbocycles. The second-order valence-corrected chi connectivity index (χ2v) is 6.69. The quantitative estimate of drug-likeness (QED) is 0.871. The van der Waals surface area contributed by atoms with Crippen molar-refractivity contribution in [2.24, 2.45) is 0 Å². The number of hydrogen-bond donors (Lipinski definition) is 0. The van der Waals surface area contributed by atoms with Gasteiger partial charge in [-0.1, -0.05) is 0 Å². The standard InChI is InChI=1S/C16H19N3O2S/c1-11-15(22-12(2)18-11)9-16(20)19-7-8-21-14(10-19)13-3-5-17-6-4-13/h3-6,14H,7-10H2,1-2H3/t14-/m1/s1. The zero-order valence-corrected chi connectivity index (χ0v) is 13.6. The molecule has 0 saturated carbocycles. The molecule has 1 aliphatic rings. The van der Waals surface area contributed by atoms with Gasteiger partial charge in [0.25, 0.3) is 0 Å². The maximum Gasteiger partial charge on any atom is 0.228 e. The van der Waals surface area contributed by atoms with Crippen molar-refractivity contribution in [2.75, 3.05) is 19.7 Å². The van der Waals surface area contributed by atoms with Gasteiger partial charge in [-0.3, -0.25) is 9.78 Å². The molecule has 3 rings (SSSR count). The molecule has 2 aromatic rings. The van der Waals surface area contributed by atoms with Gasteiger partial charge < -0.3 is 9.64 Å². The van der Waals surface area contributed by atoms with Crippen molar-refractivity contribution in [1.82, 2.24) is 14.9 Å². The Balaban J connectivity index is 1.67. The lowest BCUT2D eigenvalue weighted by Gasteiger charge is -2.33. The number of morpholine rings is 1. The van der Waals surface area contributed by atoms with E-state index in [9.17, 15) is 4.79 Å². The van der Waals surface area contributed by atoms with E-state index in [0.717, 1.165) is 21.1 Å².